The van der Waals surface area contributed by atoms with E-state index in [-0.39, 0.29) is 30.0 Å². The standard InChI is InChI=1S/C18H21FN4O3/c19-14-8-6-13(7-9-14)10-23(15-4-2-1-3-5-15)17(24)12-22-11-16(18(25)26)20-21-22/h6-9,11,15H,1-5,10,12H2,(H,25,26). The van der Waals surface area contributed by atoms with Crippen LogP contribution in [0.25, 0.3) is 0 Å². The second kappa shape index (κ2) is 8.07. The zero-order chi connectivity index (χ0) is 18.5. The summed E-state index contributed by atoms with van der Waals surface area (Å²) < 4.78 is 14.4. The molecule has 0 bridgehead atoms. The van der Waals surface area contributed by atoms with E-state index in [1.54, 1.807) is 17.0 Å². The average molecular weight is 360 g/mol. The first-order valence-electron chi connectivity index (χ1n) is 8.70. The van der Waals surface area contributed by atoms with Crippen molar-refractivity contribution in [2.45, 2.75) is 51.2 Å². The summed E-state index contributed by atoms with van der Waals surface area (Å²) >= 11 is 0. The van der Waals surface area contributed by atoms with Crippen molar-refractivity contribution in [3.8, 4) is 0 Å². The van der Waals surface area contributed by atoms with Gasteiger partial charge in [0, 0.05) is 12.6 Å². The first kappa shape index (κ1) is 18.0. The molecule has 0 unspecified atom stereocenters. The Morgan fingerprint density at radius 2 is 1.88 bits per heavy atom. The quantitative estimate of drug-likeness (QED) is 0.855. The summed E-state index contributed by atoms with van der Waals surface area (Å²) in [5.41, 5.74) is 0.663. The number of hydrogen-bond acceptors (Lipinski definition) is 4. The van der Waals surface area contributed by atoms with Crippen LogP contribution in [0.3, 0.4) is 0 Å². The van der Waals surface area contributed by atoms with Crippen LogP contribution in [0.5, 0.6) is 0 Å². The molecule has 1 saturated carbocycles. The van der Waals surface area contributed by atoms with Gasteiger partial charge in [-0.05, 0) is 30.5 Å². The lowest BCUT2D eigenvalue weighted by Crippen LogP contribution is -2.42. The van der Waals surface area contributed by atoms with Crippen LogP contribution < -0.4 is 0 Å². The molecule has 7 nitrogen and oxygen atoms in total. The Balaban J connectivity index is 1.75. The Morgan fingerprint density at radius 1 is 1.19 bits per heavy atom. The predicted octanol–water partition coefficient (Wildman–Crippen LogP) is 2.48. The summed E-state index contributed by atoms with van der Waals surface area (Å²) in [5.74, 6) is -1.64. The molecule has 1 N–H and O–H groups in total. The minimum absolute atomic E-state index is 0.0715. The van der Waals surface area contributed by atoms with Gasteiger partial charge in [0.15, 0.2) is 5.69 Å². The smallest absolute Gasteiger partial charge is 0.358 e. The highest BCUT2D eigenvalue weighted by atomic mass is 19.1. The Morgan fingerprint density at radius 3 is 2.50 bits per heavy atom. The van der Waals surface area contributed by atoms with Gasteiger partial charge in [0.1, 0.15) is 12.4 Å². The summed E-state index contributed by atoms with van der Waals surface area (Å²) in [7, 11) is 0. The summed E-state index contributed by atoms with van der Waals surface area (Å²) in [6.45, 7) is 0.322. The molecule has 138 valence electrons. The van der Waals surface area contributed by atoms with Crippen molar-refractivity contribution >= 4 is 11.9 Å². The van der Waals surface area contributed by atoms with Gasteiger partial charge < -0.3 is 10.0 Å². The van der Waals surface area contributed by atoms with Gasteiger partial charge in [-0.15, -0.1) is 5.10 Å². The highest BCUT2D eigenvalue weighted by Gasteiger charge is 2.26. The minimum Gasteiger partial charge on any atom is -0.476 e. The lowest BCUT2D eigenvalue weighted by molar-refractivity contribution is -0.135. The fraction of sp³-hybridized carbons (Fsp3) is 0.444. The maximum Gasteiger partial charge on any atom is 0.358 e. The van der Waals surface area contributed by atoms with Crippen molar-refractivity contribution < 1.29 is 19.1 Å². The van der Waals surface area contributed by atoms with Gasteiger partial charge in [0.2, 0.25) is 5.91 Å². The minimum atomic E-state index is -1.18. The number of halogens is 1. The Kier molecular flexibility index (Phi) is 5.60. The van der Waals surface area contributed by atoms with E-state index in [0.29, 0.717) is 6.54 Å². The van der Waals surface area contributed by atoms with Crippen molar-refractivity contribution in [1.82, 2.24) is 19.9 Å². The van der Waals surface area contributed by atoms with E-state index in [9.17, 15) is 14.0 Å². The molecule has 0 spiro atoms. The first-order valence-corrected chi connectivity index (χ1v) is 8.70. The Labute approximate surface area is 150 Å². The number of aromatic carboxylic acids is 1. The number of benzene rings is 1. The van der Waals surface area contributed by atoms with E-state index >= 15 is 0 Å². The van der Waals surface area contributed by atoms with Crippen molar-refractivity contribution in [2.24, 2.45) is 0 Å². The molecule has 1 amide bonds. The summed E-state index contributed by atoms with van der Waals surface area (Å²) in [6.07, 6.45) is 6.43. The molecule has 1 aliphatic carbocycles. The fourth-order valence-corrected chi connectivity index (χ4v) is 3.30. The number of aromatic nitrogens is 3. The number of nitrogens with zero attached hydrogens (tertiary/aromatic N) is 4. The molecular weight excluding hydrogens is 339 g/mol. The molecule has 0 atom stereocenters. The second-order valence-electron chi connectivity index (χ2n) is 6.55. The fourth-order valence-electron chi connectivity index (χ4n) is 3.30. The number of carboxylic acid groups (broad SMARTS) is 1. The number of carbonyl (C=O) groups is 2. The lowest BCUT2D eigenvalue weighted by Gasteiger charge is -2.34. The first-order chi connectivity index (χ1) is 12.5. The second-order valence-corrected chi connectivity index (χ2v) is 6.55. The molecule has 0 radical (unpaired) electrons. The number of carboxylic acids is 1. The summed E-state index contributed by atoms with van der Waals surface area (Å²) in [6, 6.07) is 6.25. The van der Waals surface area contributed by atoms with Crippen molar-refractivity contribution in [1.29, 1.82) is 0 Å². The van der Waals surface area contributed by atoms with Gasteiger partial charge in [-0.1, -0.05) is 36.6 Å². The molecule has 3 rings (SSSR count). The number of amides is 1. The van der Waals surface area contributed by atoms with Gasteiger partial charge in [0.05, 0.1) is 6.20 Å². The third-order valence-corrected chi connectivity index (χ3v) is 4.66. The molecule has 0 aliphatic heterocycles. The van der Waals surface area contributed by atoms with Gasteiger partial charge in [-0.3, -0.25) is 4.79 Å². The molecule has 1 heterocycles. The zero-order valence-electron chi connectivity index (χ0n) is 14.3. The van der Waals surface area contributed by atoms with Gasteiger partial charge in [-0.25, -0.2) is 13.9 Å². The highest BCUT2D eigenvalue weighted by Crippen LogP contribution is 2.24. The molecule has 26 heavy (non-hydrogen) atoms. The number of hydrogen-bond donors (Lipinski definition) is 1. The van der Waals surface area contributed by atoms with Crippen LogP contribution in [0.2, 0.25) is 0 Å². The van der Waals surface area contributed by atoms with Crippen LogP contribution in [0.1, 0.15) is 48.2 Å². The van der Waals surface area contributed by atoms with Gasteiger partial charge in [-0.2, -0.15) is 0 Å². The molecule has 0 saturated heterocycles. The average Bonchev–Trinajstić information content (AvgIpc) is 3.10. The number of carbonyl (C=O) groups excluding carboxylic acids is 1. The maximum absolute atomic E-state index is 13.1. The van der Waals surface area contributed by atoms with Crippen LogP contribution in [0.15, 0.2) is 30.5 Å². The monoisotopic (exact) mass is 360 g/mol. The van der Waals surface area contributed by atoms with Crippen molar-refractivity contribution in [3.05, 3.63) is 47.5 Å². The highest BCUT2D eigenvalue weighted by molar-refractivity contribution is 5.84. The lowest BCUT2D eigenvalue weighted by atomic mass is 9.93. The normalized spacial score (nSPS) is 15.0. The van der Waals surface area contributed by atoms with E-state index in [4.69, 9.17) is 5.11 Å². The van der Waals surface area contributed by atoms with Crippen LogP contribution in [-0.4, -0.2) is 42.9 Å². The Bertz CT molecular complexity index is 769. The van der Waals surface area contributed by atoms with E-state index in [0.717, 1.165) is 31.2 Å². The van der Waals surface area contributed by atoms with Crippen LogP contribution in [-0.2, 0) is 17.9 Å². The summed E-state index contributed by atoms with van der Waals surface area (Å²) in [5, 5.41) is 16.2. The van der Waals surface area contributed by atoms with Crippen molar-refractivity contribution in [3.63, 3.8) is 0 Å². The molecule has 1 aromatic carbocycles. The summed E-state index contributed by atoms with van der Waals surface area (Å²) in [4.78, 5) is 25.6. The van der Waals surface area contributed by atoms with E-state index in [2.05, 4.69) is 10.3 Å². The topological polar surface area (TPSA) is 88.3 Å². The van der Waals surface area contributed by atoms with Crippen LogP contribution >= 0.6 is 0 Å². The molecule has 2 aromatic rings. The van der Waals surface area contributed by atoms with E-state index in [1.165, 1.54) is 29.4 Å². The molecule has 1 aromatic heterocycles. The molecule has 8 heteroatoms. The van der Waals surface area contributed by atoms with Crippen molar-refractivity contribution in [2.75, 3.05) is 0 Å². The third kappa shape index (κ3) is 4.44. The van der Waals surface area contributed by atoms with Gasteiger partial charge in [0.25, 0.3) is 0 Å². The van der Waals surface area contributed by atoms with Crippen LogP contribution in [0.4, 0.5) is 4.39 Å². The van der Waals surface area contributed by atoms with E-state index in [1.807, 2.05) is 0 Å². The SMILES string of the molecule is O=C(O)c1cn(CC(=O)N(Cc2ccc(F)cc2)C2CCCCC2)nn1. The zero-order valence-corrected chi connectivity index (χ0v) is 14.3. The Hall–Kier alpha value is -2.77. The largest absolute Gasteiger partial charge is 0.476 e. The molecular formula is C18H21FN4O3. The number of rotatable bonds is 6. The third-order valence-electron chi connectivity index (χ3n) is 4.66. The maximum atomic E-state index is 13.1. The van der Waals surface area contributed by atoms with Gasteiger partial charge >= 0.3 is 5.97 Å². The van der Waals surface area contributed by atoms with Crippen LogP contribution in [0, 0.1) is 5.82 Å². The molecule has 1 fully saturated rings. The van der Waals surface area contributed by atoms with E-state index < -0.39 is 5.97 Å². The molecule has 1 aliphatic rings. The predicted molar refractivity (Wildman–Crippen MR) is 90.8 cm³/mol.